The van der Waals surface area contributed by atoms with E-state index in [9.17, 15) is 22.7 Å². The lowest BCUT2D eigenvalue weighted by Crippen LogP contribution is -2.43. The van der Waals surface area contributed by atoms with Crippen molar-refractivity contribution in [3.8, 4) is 0 Å². The number of benzene rings is 1. The molecule has 0 unspecified atom stereocenters. The Kier molecular flexibility index (Phi) is 6.01. The Morgan fingerprint density at radius 2 is 1.91 bits per heavy atom. The fourth-order valence-electron chi connectivity index (χ4n) is 1.66. The smallest absolute Gasteiger partial charge is 0.269 e. The van der Waals surface area contributed by atoms with Crippen LogP contribution in [0.15, 0.2) is 34.3 Å². The van der Waals surface area contributed by atoms with Gasteiger partial charge in [-0.3, -0.25) is 4.79 Å². The number of nitrogens with zero attached hydrogens (tertiary/aromatic N) is 1. The maximum atomic E-state index is 13.0. The van der Waals surface area contributed by atoms with Gasteiger partial charge in [0.1, 0.15) is 18.5 Å². The molecule has 1 aromatic carbocycles. The van der Waals surface area contributed by atoms with Gasteiger partial charge in [-0.05, 0) is 24.6 Å². The quantitative estimate of drug-likeness (QED) is 0.397. The highest BCUT2D eigenvalue weighted by atomic mass is 32.2. The first-order chi connectivity index (χ1) is 10.2. The molecule has 0 spiro atoms. The van der Waals surface area contributed by atoms with Crippen molar-refractivity contribution in [3.63, 3.8) is 0 Å². The number of aliphatic hydroxyl groups is 1. The van der Waals surface area contributed by atoms with Crippen molar-refractivity contribution in [1.29, 1.82) is 0 Å². The van der Waals surface area contributed by atoms with Gasteiger partial charge in [-0.15, -0.1) is 0 Å². The summed E-state index contributed by atoms with van der Waals surface area (Å²) in [5, 5.41) is 23.4. The normalized spacial score (nSPS) is 15.2. The average Bonchev–Trinajstić information content (AvgIpc) is 2.50. The maximum absolute atomic E-state index is 13.0. The summed E-state index contributed by atoms with van der Waals surface area (Å²) >= 11 is 0. The summed E-state index contributed by atoms with van der Waals surface area (Å²) < 4.78 is 35.7. The number of oxime groups is 1. The summed E-state index contributed by atoms with van der Waals surface area (Å²) in [5.41, 5.74) is -0.0352. The zero-order valence-corrected chi connectivity index (χ0v) is 12.8. The largest absolute Gasteiger partial charge is 0.410 e. The molecule has 1 amide bonds. The number of rotatable bonds is 6. The molecule has 2 atom stereocenters. The van der Waals surface area contributed by atoms with Gasteiger partial charge in [-0.25, -0.2) is 12.8 Å². The fraction of sp³-hybridized carbons (Fsp3) is 0.385. The van der Waals surface area contributed by atoms with E-state index in [-0.39, 0.29) is 16.2 Å². The van der Waals surface area contributed by atoms with Crippen molar-refractivity contribution < 1.29 is 27.9 Å². The highest BCUT2D eigenvalue weighted by molar-refractivity contribution is 7.90. The summed E-state index contributed by atoms with van der Waals surface area (Å²) in [5.74, 6) is -0.822. The van der Waals surface area contributed by atoms with Gasteiger partial charge < -0.3 is 15.6 Å². The molecule has 0 bridgehead atoms. The fourth-order valence-corrected chi connectivity index (χ4v) is 2.30. The molecule has 3 N–H and O–H groups in total. The number of carbonyl (C=O) groups excluding carboxylic acids is 1. The third-order valence-corrected chi connectivity index (χ3v) is 4.12. The number of amides is 1. The minimum atomic E-state index is -3.37. The van der Waals surface area contributed by atoms with Crippen LogP contribution in [-0.2, 0) is 14.6 Å². The van der Waals surface area contributed by atoms with E-state index in [1.165, 1.54) is 31.2 Å². The van der Waals surface area contributed by atoms with Gasteiger partial charge in [0, 0.05) is 6.26 Å². The highest BCUT2D eigenvalue weighted by Gasteiger charge is 2.24. The third-order valence-electron chi connectivity index (χ3n) is 2.99. The first-order valence-electron chi connectivity index (χ1n) is 6.24. The Bertz CT molecular complexity index is 658. The Labute approximate surface area is 127 Å². The van der Waals surface area contributed by atoms with E-state index in [1.54, 1.807) is 0 Å². The number of halogens is 1. The molecule has 0 saturated heterocycles. The van der Waals surface area contributed by atoms with Crippen molar-refractivity contribution in [3.05, 3.63) is 29.8 Å². The Morgan fingerprint density at radius 1 is 1.36 bits per heavy atom. The van der Waals surface area contributed by atoms with E-state index in [4.69, 9.17) is 5.21 Å². The van der Waals surface area contributed by atoms with Gasteiger partial charge in [-0.1, -0.05) is 17.3 Å². The molecule has 0 aliphatic heterocycles. The van der Waals surface area contributed by atoms with Crippen LogP contribution in [0.4, 0.5) is 4.39 Å². The van der Waals surface area contributed by atoms with Crippen molar-refractivity contribution in [1.82, 2.24) is 5.32 Å². The zero-order valence-electron chi connectivity index (χ0n) is 12.0. The number of carbonyl (C=O) groups is 1. The second-order valence-electron chi connectivity index (χ2n) is 4.71. The summed E-state index contributed by atoms with van der Waals surface area (Å²) in [6.07, 6.45) is -0.339. The van der Waals surface area contributed by atoms with Gasteiger partial charge in [0.15, 0.2) is 9.84 Å². The van der Waals surface area contributed by atoms with Crippen LogP contribution in [0.5, 0.6) is 0 Å². The predicted molar refractivity (Wildman–Crippen MR) is 77.3 cm³/mol. The SMILES string of the molecule is C/C(=N/O)C(=O)N[C@H](CF)[C@H](O)c1ccc(S(C)(=O)=O)cc1. The number of aliphatic hydroxyl groups excluding tert-OH is 1. The number of hydrogen-bond acceptors (Lipinski definition) is 6. The van der Waals surface area contributed by atoms with Gasteiger partial charge >= 0.3 is 0 Å². The van der Waals surface area contributed by atoms with Crippen LogP contribution in [0.25, 0.3) is 0 Å². The molecule has 9 heteroatoms. The van der Waals surface area contributed by atoms with Crippen LogP contribution in [0, 0.1) is 0 Å². The van der Waals surface area contributed by atoms with Gasteiger partial charge in [0.25, 0.3) is 5.91 Å². The average molecular weight is 332 g/mol. The molecule has 0 radical (unpaired) electrons. The van der Waals surface area contributed by atoms with Crippen molar-refractivity contribution >= 4 is 21.5 Å². The Hall–Kier alpha value is -2.00. The molecule has 122 valence electrons. The molecule has 22 heavy (non-hydrogen) atoms. The molecule has 0 aliphatic rings. The second kappa shape index (κ2) is 7.32. The highest BCUT2D eigenvalue weighted by Crippen LogP contribution is 2.20. The first kappa shape index (κ1) is 18.1. The Balaban J connectivity index is 2.92. The van der Waals surface area contributed by atoms with Crippen LogP contribution >= 0.6 is 0 Å². The van der Waals surface area contributed by atoms with E-state index in [0.717, 1.165) is 6.26 Å². The Morgan fingerprint density at radius 3 is 2.32 bits per heavy atom. The lowest BCUT2D eigenvalue weighted by Gasteiger charge is -2.21. The van der Waals surface area contributed by atoms with Crippen LogP contribution in [0.2, 0.25) is 0 Å². The van der Waals surface area contributed by atoms with E-state index >= 15 is 0 Å². The molecule has 1 rings (SSSR count). The van der Waals surface area contributed by atoms with Crippen LogP contribution in [-0.4, -0.2) is 49.3 Å². The summed E-state index contributed by atoms with van der Waals surface area (Å²) in [7, 11) is -3.37. The topological polar surface area (TPSA) is 116 Å². The number of nitrogens with one attached hydrogen (secondary N) is 1. The molecule has 7 nitrogen and oxygen atoms in total. The van der Waals surface area contributed by atoms with Crippen LogP contribution < -0.4 is 5.32 Å². The summed E-state index contributed by atoms with van der Waals surface area (Å²) in [6.45, 7) is 0.164. The van der Waals surface area contributed by atoms with Gasteiger partial charge in [0.05, 0.1) is 10.9 Å². The lowest BCUT2D eigenvalue weighted by molar-refractivity contribution is -0.116. The van der Waals surface area contributed by atoms with Crippen molar-refractivity contribution in [2.24, 2.45) is 5.16 Å². The van der Waals surface area contributed by atoms with Crippen LogP contribution in [0.3, 0.4) is 0 Å². The molecule has 0 aliphatic carbocycles. The molecule has 0 aromatic heterocycles. The summed E-state index contributed by atoms with van der Waals surface area (Å²) in [6, 6.07) is 3.98. The molecular weight excluding hydrogens is 315 g/mol. The zero-order chi connectivity index (χ0) is 16.9. The van der Waals surface area contributed by atoms with E-state index in [2.05, 4.69) is 10.5 Å². The van der Waals surface area contributed by atoms with E-state index in [1.807, 2.05) is 0 Å². The minimum absolute atomic E-state index is 0.0625. The number of sulfone groups is 1. The number of hydrogen-bond donors (Lipinski definition) is 3. The maximum Gasteiger partial charge on any atom is 0.269 e. The molecule has 1 aromatic rings. The summed E-state index contributed by atoms with van der Waals surface area (Å²) in [4.78, 5) is 11.6. The lowest BCUT2D eigenvalue weighted by atomic mass is 10.0. The number of alkyl halides is 1. The van der Waals surface area contributed by atoms with E-state index < -0.39 is 34.6 Å². The minimum Gasteiger partial charge on any atom is -0.410 e. The molecule has 0 fully saturated rings. The van der Waals surface area contributed by atoms with Gasteiger partial charge in [0.2, 0.25) is 0 Å². The monoisotopic (exact) mass is 332 g/mol. The molecule has 0 heterocycles. The second-order valence-corrected chi connectivity index (χ2v) is 6.72. The molecule has 0 saturated carbocycles. The standard InChI is InChI=1S/C13H17FN2O5S/c1-8(16-19)13(18)15-11(7-14)12(17)9-3-5-10(6-4-9)22(2,20)21/h3-6,11-12,17,19H,7H2,1-2H3,(H,15,18)/b16-8-/t11-,12-/m1/s1. The third kappa shape index (κ3) is 4.50. The van der Waals surface area contributed by atoms with Gasteiger partial charge in [-0.2, -0.15) is 0 Å². The van der Waals surface area contributed by atoms with Crippen molar-refractivity contribution in [2.45, 2.75) is 24.0 Å². The van der Waals surface area contributed by atoms with Crippen LogP contribution in [0.1, 0.15) is 18.6 Å². The first-order valence-corrected chi connectivity index (χ1v) is 8.13. The van der Waals surface area contributed by atoms with Crippen molar-refractivity contribution in [2.75, 3.05) is 12.9 Å². The molecular formula is C13H17FN2O5S. The van der Waals surface area contributed by atoms with E-state index in [0.29, 0.717) is 0 Å². The predicted octanol–water partition coefficient (Wildman–Crippen LogP) is 0.428.